The van der Waals surface area contributed by atoms with Gasteiger partial charge in [0.05, 0.1) is 0 Å². The van der Waals surface area contributed by atoms with Gasteiger partial charge >= 0.3 is 21.3 Å². The number of alkyl halides is 4. The van der Waals surface area contributed by atoms with Gasteiger partial charge in [0.15, 0.2) is 0 Å². The van der Waals surface area contributed by atoms with Crippen LogP contribution < -0.4 is 0 Å². The second-order valence-corrected chi connectivity index (χ2v) is 13.9. The van der Waals surface area contributed by atoms with Crippen LogP contribution in [0.2, 0.25) is 0 Å². The maximum atomic E-state index is 13.6. The van der Waals surface area contributed by atoms with E-state index in [0.29, 0.717) is 12.8 Å². The third-order valence-corrected chi connectivity index (χ3v) is 9.75. The van der Waals surface area contributed by atoms with Gasteiger partial charge in [0.1, 0.15) is 0 Å². The van der Waals surface area contributed by atoms with Crippen LogP contribution in [-0.2, 0) is 22.0 Å². The SMILES string of the molecule is CC(C)(C)c1ccc(-c2cccc3c2Cc2ccccc2-3)cc1.O=S(=O)(O)C(F)(F)C(F)(F)C1CC2CCC1C2. The van der Waals surface area contributed by atoms with E-state index in [4.69, 9.17) is 4.55 Å². The topological polar surface area (TPSA) is 54.4 Å². The normalized spacial score (nSPS) is 21.9. The summed E-state index contributed by atoms with van der Waals surface area (Å²) >= 11 is 0. The van der Waals surface area contributed by atoms with Crippen molar-refractivity contribution >= 4 is 10.1 Å². The third-order valence-electron chi connectivity index (χ3n) is 8.83. The molecule has 3 aliphatic rings. The van der Waals surface area contributed by atoms with Gasteiger partial charge in [0.2, 0.25) is 0 Å². The van der Waals surface area contributed by atoms with Crippen LogP contribution in [0.15, 0.2) is 66.7 Å². The van der Waals surface area contributed by atoms with Crippen molar-refractivity contribution in [3.05, 3.63) is 83.4 Å². The summed E-state index contributed by atoms with van der Waals surface area (Å²) in [5.74, 6) is -6.95. The van der Waals surface area contributed by atoms with E-state index in [1.807, 2.05) is 0 Å². The summed E-state index contributed by atoms with van der Waals surface area (Å²) in [5.41, 5.74) is 10.00. The molecular weight excluding hydrogens is 540 g/mol. The Kier molecular flexibility index (Phi) is 7.19. The van der Waals surface area contributed by atoms with Gasteiger partial charge < -0.3 is 0 Å². The Bertz CT molecular complexity index is 1510. The lowest BCUT2D eigenvalue weighted by Gasteiger charge is -2.33. The number of hydrogen-bond acceptors (Lipinski definition) is 2. The first kappa shape index (κ1) is 28.8. The molecule has 0 aromatic heterocycles. The molecule has 0 aliphatic heterocycles. The maximum absolute atomic E-state index is 13.6. The fraction of sp³-hybridized carbons (Fsp3) is 0.438. The molecule has 2 saturated carbocycles. The van der Waals surface area contributed by atoms with Crippen LogP contribution >= 0.6 is 0 Å². The minimum atomic E-state index is -6.10. The van der Waals surface area contributed by atoms with Crippen LogP contribution in [0, 0.1) is 17.8 Å². The van der Waals surface area contributed by atoms with Gasteiger partial charge in [-0.3, -0.25) is 4.55 Å². The fourth-order valence-corrected chi connectivity index (χ4v) is 7.15. The molecule has 3 aromatic rings. The summed E-state index contributed by atoms with van der Waals surface area (Å²) in [7, 11) is -6.10. The predicted molar refractivity (Wildman–Crippen MR) is 149 cm³/mol. The predicted octanol–water partition coefficient (Wildman–Crippen LogP) is 8.76. The molecule has 214 valence electrons. The summed E-state index contributed by atoms with van der Waals surface area (Å²) in [6.07, 6.45) is 2.55. The molecule has 2 fully saturated rings. The lowest BCUT2D eigenvalue weighted by Crippen LogP contribution is -2.52. The first-order valence-corrected chi connectivity index (χ1v) is 15.1. The Morgan fingerprint density at radius 3 is 1.98 bits per heavy atom. The molecule has 3 aliphatic carbocycles. The highest BCUT2D eigenvalue weighted by molar-refractivity contribution is 7.87. The number of fused-ring (bicyclic) bond motifs is 5. The van der Waals surface area contributed by atoms with Crippen LogP contribution in [0.4, 0.5) is 17.6 Å². The summed E-state index contributed by atoms with van der Waals surface area (Å²) in [5, 5.41) is -5.41. The largest absolute Gasteiger partial charge is 0.431 e. The average molecular weight is 575 g/mol. The monoisotopic (exact) mass is 574 g/mol. The Hall–Kier alpha value is -2.71. The zero-order valence-electron chi connectivity index (χ0n) is 22.8. The van der Waals surface area contributed by atoms with Gasteiger partial charge in [0.25, 0.3) is 0 Å². The van der Waals surface area contributed by atoms with Gasteiger partial charge in [-0.05, 0) is 81.9 Å². The molecule has 3 nitrogen and oxygen atoms in total. The first-order valence-electron chi connectivity index (χ1n) is 13.6. The van der Waals surface area contributed by atoms with E-state index in [1.165, 1.54) is 38.9 Å². The molecule has 3 atom stereocenters. The fourth-order valence-electron chi connectivity index (χ4n) is 6.65. The molecule has 3 unspecified atom stereocenters. The Morgan fingerprint density at radius 1 is 0.775 bits per heavy atom. The summed E-state index contributed by atoms with van der Waals surface area (Å²) in [6.45, 7) is 6.79. The zero-order valence-corrected chi connectivity index (χ0v) is 23.6. The van der Waals surface area contributed by atoms with E-state index in [1.54, 1.807) is 0 Å². The van der Waals surface area contributed by atoms with E-state index < -0.39 is 33.1 Å². The van der Waals surface area contributed by atoms with E-state index in [2.05, 4.69) is 87.5 Å². The molecule has 3 aromatic carbocycles. The molecule has 0 radical (unpaired) electrons. The highest BCUT2D eigenvalue weighted by Gasteiger charge is 2.71. The molecule has 8 heteroatoms. The van der Waals surface area contributed by atoms with Crippen molar-refractivity contribution < 1.29 is 30.5 Å². The van der Waals surface area contributed by atoms with Gasteiger partial charge in [-0.15, -0.1) is 0 Å². The van der Waals surface area contributed by atoms with Crippen molar-refractivity contribution in [1.82, 2.24) is 0 Å². The molecule has 0 amide bonds. The van der Waals surface area contributed by atoms with Crippen LogP contribution in [0.3, 0.4) is 0 Å². The standard InChI is InChI=1S/C23H22.C9H12F4O3S/c1-23(2,3)18-13-11-16(12-14-18)19-9-6-10-21-20-8-5-4-7-17(20)15-22(19)21;10-8(11,9(12,13)17(14,15)16)7-4-5-1-2-6(7)3-5/h4-14H,15H2,1-3H3;5-7H,1-4H2,(H,14,15,16). The minimum Gasteiger partial charge on any atom is -0.281 e. The van der Waals surface area contributed by atoms with Gasteiger partial charge in [-0.2, -0.15) is 26.0 Å². The average Bonchev–Trinajstić information content (AvgIpc) is 3.62. The van der Waals surface area contributed by atoms with Crippen molar-refractivity contribution in [1.29, 1.82) is 0 Å². The van der Waals surface area contributed by atoms with E-state index in [0.717, 1.165) is 12.8 Å². The first-order chi connectivity index (χ1) is 18.6. The van der Waals surface area contributed by atoms with Gasteiger partial charge in [0, 0.05) is 5.92 Å². The second kappa shape index (κ2) is 9.98. The Morgan fingerprint density at radius 2 is 1.40 bits per heavy atom. The Labute approximate surface area is 233 Å². The van der Waals surface area contributed by atoms with Crippen molar-refractivity contribution in [2.24, 2.45) is 17.8 Å². The lowest BCUT2D eigenvalue weighted by atomic mass is 9.84. The van der Waals surface area contributed by atoms with Crippen molar-refractivity contribution in [3.8, 4) is 22.3 Å². The molecule has 0 heterocycles. The van der Waals surface area contributed by atoms with Crippen LogP contribution in [-0.4, -0.2) is 24.1 Å². The smallest absolute Gasteiger partial charge is 0.281 e. The number of halogens is 4. The zero-order chi connectivity index (χ0) is 29.1. The van der Waals surface area contributed by atoms with E-state index in [9.17, 15) is 26.0 Å². The van der Waals surface area contributed by atoms with Crippen molar-refractivity contribution in [3.63, 3.8) is 0 Å². The molecule has 2 bridgehead atoms. The lowest BCUT2D eigenvalue weighted by molar-refractivity contribution is -0.202. The quantitative estimate of drug-likeness (QED) is 0.196. The van der Waals surface area contributed by atoms with Crippen molar-refractivity contribution in [2.45, 2.75) is 69.5 Å². The number of rotatable bonds is 4. The molecule has 40 heavy (non-hydrogen) atoms. The number of benzene rings is 3. The van der Waals surface area contributed by atoms with Crippen molar-refractivity contribution in [2.75, 3.05) is 0 Å². The van der Waals surface area contributed by atoms with Crippen LogP contribution in [0.5, 0.6) is 0 Å². The maximum Gasteiger partial charge on any atom is 0.431 e. The molecule has 6 rings (SSSR count). The molecule has 0 saturated heterocycles. The summed E-state index contributed by atoms with van der Waals surface area (Å²) in [6, 6.07) is 24.6. The van der Waals surface area contributed by atoms with Gasteiger partial charge in [-0.1, -0.05) is 93.9 Å². The third kappa shape index (κ3) is 4.98. The van der Waals surface area contributed by atoms with Crippen LogP contribution in [0.25, 0.3) is 22.3 Å². The molecule has 1 N–H and O–H groups in total. The van der Waals surface area contributed by atoms with E-state index in [-0.39, 0.29) is 17.8 Å². The number of hydrogen-bond donors (Lipinski definition) is 1. The van der Waals surface area contributed by atoms with Crippen LogP contribution in [0.1, 0.15) is 63.1 Å². The molecular formula is C32H34F4O3S. The Balaban J connectivity index is 0.000000170. The van der Waals surface area contributed by atoms with E-state index >= 15 is 0 Å². The second-order valence-electron chi connectivity index (χ2n) is 12.4. The van der Waals surface area contributed by atoms with Gasteiger partial charge in [-0.25, -0.2) is 0 Å². The summed E-state index contributed by atoms with van der Waals surface area (Å²) in [4.78, 5) is 0. The highest BCUT2D eigenvalue weighted by Crippen LogP contribution is 2.58. The minimum absolute atomic E-state index is 0.0203. The summed E-state index contributed by atoms with van der Waals surface area (Å²) < 4.78 is 82.4. The highest BCUT2D eigenvalue weighted by atomic mass is 32.2. The molecule has 0 spiro atoms.